The number of hydrogen-bond acceptors (Lipinski definition) is 1. The van der Waals surface area contributed by atoms with Crippen molar-refractivity contribution >= 4 is 5.91 Å². The van der Waals surface area contributed by atoms with Gasteiger partial charge in [-0.1, -0.05) is 0 Å². The second-order valence-electron chi connectivity index (χ2n) is 3.52. The van der Waals surface area contributed by atoms with Gasteiger partial charge in [0, 0.05) is 12.0 Å². The molecule has 0 aromatic rings. The third-order valence-electron chi connectivity index (χ3n) is 2.89. The summed E-state index contributed by atoms with van der Waals surface area (Å²) in [6, 6.07) is 0.598. The Balaban J connectivity index is 1.94. The smallest absolute Gasteiger partial charge is 0.223 e. The molecule has 0 bridgehead atoms. The Morgan fingerprint density at radius 2 is 2.22 bits per heavy atom. The van der Waals surface area contributed by atoms with Gasteiger partial charge in [0.05, 0.1) is 0 Å². The average molecular weight is 123 g/mol. The predicted molar refractivity (Wildman–Crippen MR) is 31.6 cm³/mol. The van der Waals surface area contributed by atoms with Gasteiger partial charge in [-0.2, -0.15) is 0 Å². The zero-order valence-corrected chi connectivity index (χ0v) is 5.13. The molecule has 0 spiro atoms. The van der Waals surface area contributed by atoms with Gasteiger partial charge < -0.3 is 5.32 Å². The van der Waals surface area contributed by atoms with Gasteiger partial charge in [-0.3, -0.25) is 4.79 Å². The van der Waals surface area contributed by atoms with E-state index >= 15 is 0 Å². The number of carbonyl (C=O) groups excluding carboxylic acids is 1. The van der Waals surface area contributed by atoms with Crippen LogP contribution < -0.4 is 5.32 Å². The van der Waals surface area contributed by atoms with Crippen LogP contribution in [0.1, 0.15) is 12.8 Å². The van der Waals surface area contributed by atoms with Crippen molar-refractivity contribution in [3.05, 3.63) is 0 Å². The van der Waals surface area contributed by atoms with E-state index in [0.29, 0.717) is 17.9 Å². The summed E-state index contributed by atoms with van der Waals surface area (Å²) < 4.78 is 0. The van der Waals surface area contributed by atoms with Crippen LogP contribution >= 0.6 is 0 Å². The normalized spacial score (nSPS) is 59.3. The molecule has 0 aromatic heterocycles. The minimum atomic E-state index is 0.332. The Morgan fingerprint density at radius 1 is 1.33 bits per heavy atom. The number of carbonyl (C=O) groups is 1. The summed E-state index contributed by atoms with van der Waals surface area (Å²) in [4.78, 5) is 11.0. The maximum Gasteiger partial charge on any atom is 0.223 e. The fourth-order valence-corrected chi connectivity index (χ4v) is 2.13. The molecule has 2 aliphatic carbocycles. The zero-order chi connectivity index (χ0) is 6.01. The Morgan fingerprint density at radius 3 is 3.11 bits per heavy atom. The van der Waals surface area contributed by atoms with Crippen LogP contribution in [0.15, 0.2) is 0 Å². The van der Waals surface area contributed by atoms with Crippen molar-refractivity contribution < 1.29 is 4.79 Å². The van der Waals surface area contributed by atoms with Crippen LogP contribution in [-0.4, -0.2) is 11.9 Å². The lowest BCUT2D eigenvalue weighted by molar-refractivity contribution is -0.123. The molecular weight excluding hydrogens is 114 g/mol. The van der Waals surface area contributed by atoms with E-state index in [2.05, 4.69) is 5.32 Å². The SMILES string of the molecule is O=C1NC2CC2C2CC12. The molecule has 4 atom stereocenters. The second kappa shape index (κ2) is 1.02. The number of rotatable bonds is 0. The zero-order valence-electron chi connectivity index (χ0n) is 5.13. The predicted octanol–water partition coefficient (Wildman–Crippen LogP) is 0.141. The molecule has 1 N–H and O–H groups in total. The highest BCUT2D eigenvalue weighted by Gasteiger charge is 2.61. The number of piperidine rings is 1. The molecule has 3 rings (SSSR count). The van der Waals surface area contributed by atoms with Gasteiger partial charge in [-0.25, -0.2) is 0 Å². The first-order valence-electron chi connectivity index (χ1n) is 3.66. The summed E-state index contributed by atoms with van der Waals surface area (Å²) in [5, 5.41) is 3.01. The van der Waals surface area contributed by atoms with Crippen LogP contribution in [0, 0.1) is 17.8 Å². The molecule has 2 saturated carbocycles. The highest BCUT2D eigenvalue weighted by molar-refractivity contribution is 5.84. The van der Waals surface area contributed by atoms with E-state index in [-0.39, 0.29) is 0 Å². The molecule has 0 aromatic carbocycles. The van der Waals surface area contributed by atoms with Crippen molar-refractivity contribution in [2.24, 2.45) is 17.8 Å². The van der Waals surface area contributed by atoms with Crippen molar-refractivity contribution in [2.45, 2.75) is 18.9 Å². The van der Waals surface area contributed by atoms with E-state index in [1.54, 1.807) is 0 Å². The highest BCUT2D eigenvalue weighted by atomic mass is 16.2. The quantitative estimate of drug-likeness (QED) is 0.487. The maximum absolute atomic E-state index is 11.0. The third kappa shape index (κ3) is 0.406. The van der Waals surface area contributed by atoms with Crippen molar-refractivity contribution in [3.8, 4) is 0 Å². The lowest BCUT2D eigenvalue weighted by Crippen LogP contribution is -2.32. The van der Waals surface area contributed by atoms with Gasteiger partial charge >= 0.3 is 0 Å². The Labute approximate surface area is 53.6 Å². The van der Waals surface area contributed by atoms with E-state index in [1.165, 1.54) is 12.8 Å². The summed E-state index contributed by atoms with van der Waals surface area (Å²) in [5.74, 6) is 2.48. The van der Waals surface area contributed by atoms with Gasteiger partial charge in [0.15, 0.2) is 0 Å². The molecule has 9 heavy (non-hydrogen) atoms. The van der Waals surface area contributed by atoms with Gasteiger partial charge in [-0.15, -0.1) is 0 Å². The first-order valence-corrected chi connectivity index (χ1v) is 3.66. The van der Waals surface area contributed by atoms with Gasteiger partial charge in [-0.05, 0) is 24.7 Å². The molecule has 2 heteroatoms. The number of hydrogen-bond donors (Lipinski definition) is 1. The molecule has 3 fully saturated rings. The van der Waals surface area contributed by atoms with Gasteiger partial charge in [0.25, 0.3) is 0 Å². The Kier molecular flexibility index (Phi) is 0.491. The monoisotopic (exact) mass is 123 g/mol. The van der Waals surface area contributed by atoms with Crippen LogP contribution in [-0.2, 0) is 4.79 Å². The average Bonchev–Trinajstić information content (AvgIpc) is 2.54. The topological polar surface area (TPSA) is 29.1 Å². The van der Waals surface area contributed by atoms with Crippen molar-refractivity contribution in [1.82, 2.24) is 5.32 Å². The first-order chi connectivity index (χ1) is 4.36. The molecule has 2 nitrogen and oxygen atoms in total. The van der Waals surface area contributed by atoms with Crippen LogP contribution in [0.2, 0.25) is 0 Å². The second-order valence-corrected chi connectivity index (χ2v) is 3.52. The molecule has 1 saturated heterocycles. The molecule has 1 amide bonds. The molecule has 48 valence electrons. The summed E-state index contributed by atoms with van der Waals surface area (Å²) in [6.45, 7) is 0. The maximum atomic E-state index is 11.0. The minimum Gasteiger partial charge on any atom is -0.353 e. The number of fused-ring (bicyclic) bond motifs is 3. The largest absolute Gasteiger partial charge is 0.353 e. The summed E-state index contributed by atoms with van der Waals surface area (Å²) in [5.41, 5.74) is 0. The van der Waals surface area contributed by atoms with Crippen molar-refractivity contribution in [3.63, 3.8) is 0 Å². The molecule has 4 unspecified atom stereocenters. The van der Waals surface area contributed by atoms with Crippen molar-refractivity contribution in [2.75, 3.05) is 0 Å². The minimum absolute atomic E-state index is 0.332. The summed E-state index contributed by atoms with van der Waals surface area (Å²) >= 11 is 0. The Bertz CT molecular complexity index is 189. The summed E-state index contributed by atoms with van der Waals surface area (Å²) in [7, 11) is 0. The van der Waals surface area contributed by atoms with E-state index in [4.69, 9.17) is 0 Å². The highest BCUT2D eigenvalue weighted by Crippen LogP contribution is 2.57. The van der Waals surface area contributed by atoms with Gasteiger partial charge in [0.1, 0.15) is 0 Å². The van der Waals surface area contributed by atoms with Crippen LogP contribution in [0.4, 0.5) is 0 Å². The van der Waals surface area contributed by atoms with Crippen LogP contribution in [0.3, 0.4) is 0 Å². The lowest BCUT2D eigenvalue weighted by Gasteiger charge is -2.07. The lowest BCUT2D eigenvalue weighted by atomic mass is 10.1. The fraction of sp³-hybridized carbons (Fsp3) is 0.857. The number of nitrogens with one attached hydrogen (secondary N) is 1. The summed E-state index contributed by atoms with van der Waals surface area (Å²) in [6.07, 6.45) is 2.46. The van der Waals surface area contributed by atoms with Crippen LogP contribution in [0.5, 0.6) is 0 Å². The fourth-order valence-electron chi connectivity index (χ4n) is 2.13. The molecular formula is C7H9NO. The Hall–Kier alpha value is -0.530. The standard InChI is InChI=1S/C7H9NO/c9-7-5-1-3(5)4-2-6(4)8-7/h3-6H,1-2H2,(H,8,9). The van der Waals surface area contributed by atoms with E-state index in [9.17, 15) is 4.79 Å². The molecule has 3 aliphatic rings. The van der Waals surface area contributed by atoms with Crippen LogP contribution in [0.25, 0.3) is 0 Å². The van der Waals surface area contributed by atoms with Crippen molar-refractivity contribution in [1.29, 1.82) is 0 Å². The molecule has 1 heterocycles. The van der Waals surface area contributed by atoms with E-state index in [1.807, 2.05) is 0 Å². The molecule has 0 radical (unpaired) electrons. The first kappa shape index (κ1) is 4.31. The number of amides is 1. The van der Waals surface area contributed by atoms with Gasteiger partial charge in [0.2, 0.25) is 5.91 Å². The van der Waals surface area contributed by atoms with E-state index in [0.717, 1.165) is 11.8 Å². The third-order valence-corrected chi connectivity index (χ3v) is 2.89. The molecule has 1 aliphatic heterocycles. The van der Waals surface area contributed by atoms with E-state index < -0.39 is 0 Å².